The zero-order valence-electron chi connectivity index (χ0n) is 26.9. The summed E-state index contributed by atoms with van der Waals surface area (Å²) < 4.78 is 5.73. The lowest BCUT2D eigenvalue weighted by Crippen LogP contribution is -2.42. The summed E-state index contributed by atoms with van der Waals surface area (Å²) in [5, 5.41) is 17.6. The number of carbonyl (C=O) groups excluding carboxylic acids is 4. The van der Waals surface area contributed by atoms with Crippen LogP contribution in [-0.2, 0) is 25.5 Å². The van der Waals surface area contributed by atoms with Crippen LogP contribution in [0.5, 0.6) is 0 Å². The number of aliphatic carboxylic acids is 1. The molecule has 0 spiro atoms. The van der Waals surface area contributed by atoms with Gasteiger partial charge in [0.15, 0.2) is 0 Å². The highest BCUT2D eigenvalue weighted by molar-refractivity contribution is 6.10. The summed E-state index contributed by atoms with van der Waals surface area (Å²) in [5.41, 5.74) is 3.86. The maximum absolute atomic E-state index is 13.5. The Kier molecular flexibility index (Phi) is 12.1. The van der Waals surface area contributed by atoms with Gasteiger partial charge < -0.3 is 35.6 Å². The van der Waals surface area contributed by atoms with Gasteiger partial charge in [0.25, 0.3) is 5.91 Å². The first-order valence-corrected chi connectivity index (χ1v) is 15.8. The Bertz CT molecular complexity index is 1600. The first-order valence-electron chi connectivity index (χ1n) is 15.8. The molecule has 0 saturated carbocycles. The van der Waals surface area contributed by atoms with E-state index < -0.39 is 11.9 Å². The molecule has 3 aromatic carbocycles. The molecule has 1 fully saturated rings. The van der Waals surface area contributed by atoms with Gasteiger partial charge in [-0.3, -0.25) is 19.2 Å². The maximum atomic E-state index is 13.5. The minimum Gasteiger partial charge on any atom is -0.481 e. The maximum Gasteiger partial charge on any atom is 0.323 e. The van der Waals surface area contributed by atoms with Gasteiger partial charge >= 0.3 is 12.0 Å². The van der Waals surface area contributed by atoms with Crippen molar-refractivity contribution < 1.29 is 33.8 Å². The van der Waals surface area contributed by atoms with Gasteiger partial charge in [-0.15, -0.1) is 0 Å². The zero-order valence-corrected chi connectivity index (χ0v) is 26.9. The molecule has 0 radical (unpaired) electrons. The minimum atomic E-state index is -1.08. The van der Waals surface area contributed by atoms with Crippen LogP contribution in [0.1, 0.15) is 54.6 Å². The average Bonchev–Trinajstić information content (AvgIpc) is 3.55. The molecule has 5 rings (SSSR count). The van der Waals surface area contributed by atoms with E-state index >= 15 is 0 Å². The molecule has 0 aromatic heterocycles. The summed E-state index contributed by atoms with van der Waals surface area (Å²) in [6, 6.07) is 18.7. The van der Waals surface area contributed by atoms with Crippen LogP contribution in [0.15, 0.2) is 66.7 Å². The zero-order chi connectivity index (χ0) is 33.9. The summed E-state index contributed by atoms with van der Waals surface area (Å²) in [5.74, 6) is -2.22. The molecule has 1 unspecified atom stereocenters. The van der Waals surface area contributed by atoms with Crippen molar-refractivity contribution in [2.45, 2.75) is 52.6 Å². The van der Waals surface area contributed by atoms with Crippen molar-refractivity contribution in [3.63, 3.8) is 0 Å². The number of aryl methyl sites for hydroxylation is 1. The molecule has 47 heavy (non-hydrogen) atoms. The molecule has 0 bridgehead atoms. The summed E-state index contributed by atoms with van der Waals surface area (Å²) >= 11 is 0. The highest BCUT2D eigenvalue weighted by Gasteiger charge is 2.34. The number of hydrogen-bond acceptors (Lipinski definition) is 6. The number of carboxylic acid groups (broad SMARTS) is 1. The predicted molar refractivity (Wildman–Crippen MR) is 180 cm³/mol. The van der Waals surface area contributed by atoms with Crippen LogP contribution in [0.2, 0.25) is 0 Å². The molecule has 5 amide bonds. The van der Waals surface area contributed by atoms with Crippen molar-refractivity contribution in [3.8, 4) is 0 Å². The number of fused-ring (bicyclic) bond motifs is 1. The van der Waals surface area contributed by atoms with Gasteiger partial charge in [-0.25, -0.2) is 4.79 Å². The fraction of sp³-hybridized carbons (Fsp3) is 0.343. The number of benzene rings is 3. The third kappa shape index (κ3) is 9.39. The lowest BCUT2D eigenvalue weighted by atomic mass is 10.1. The summed E-state index contributed by atoms with van der Waals surface area (Å²) in [6.45, 7) is 6.40. The number of carbonyl (C=O) groups is 5. The van der Waals surface area contributed by atoms with Crippen LogP contribution < -0.4 is 20.9 Å². The Morgan fingerprint density at radius 1 is 0.936 bits per heavy atom. The van der Waals surface area contributed by atoms with Gasteiger partial charge in [0.05, 0.1) is 36.7 Å². The number of para-hydroxylation sites is 1. The number of ether oxygens (including phenoxy) is 1. The second-order valence-corrected chi connectivity index (χ2v) is 11.1. The van der Waals surface area contributed by atoms with Gasteiger partial charge in [0.2, 0.25) is 11.8 Å². The van der Waals surface area contributed by atoms with Crippen LogP contribution >= 0.6 is 0 Å². The molecule has 1 atom stereocenters. The van der Waals surface area contributed by atoms with Gasteiger partial charge in [0, 0.05) is 30.2 Å². The van der Waals surface area contributed by atoms with Gasteiger partial charge in [-0.2, -0.15) is 0 Å². The first-order chi connectivity index (χ1) is 22.7. The van der Waals surface area contributed by atoms with Gasteiger partial charge in [-0.1, -0.05) is 44.2 Å². The first kappa shape index (κ1) is 34.6. The fourth-order valence-electron chi connectivity index (χ4n) is 5.34. The third-order valence-electron chi connectivity index (χ3n) is 7.69. The molecular formula is C35H41N5O7. The Labute approximate surface area is 274 Å². The fourth-order valence-corrected chi connectivity index (χ4v) is 5.34. The Hall–Kier alpha value is -5.23. The van der Waals surface area contributed by atoms with Crippen molar-refractivity contribution in [2.75, 3.05) is 47.1 Å². The highest BCUT2D eigenvalue weighted by atomic mass is 16.5. The normalized spacial score (nSPS) is 15.6. The smallest absolute Gasteiger partial charge is 0.323 e. The highest BCUT2D eigenvalue weighted by Crippen LogP contribution is 2.30. The summed E-state index contributed by atoms with van der Waals surface area (Å²) in [4.78, 5) is 66.1. The van der Waals surface area contributed by atoms with Gasteiger partial charge in [-0.05, 0) is 67.3 Å². The van der Waals surface area contributed by atoms with E-state index in [4.69, 9.17) is 9.84 Å². The summed E-state index contributed by atoms with van der Waals surface area (Å²) in [7, 11) is 0. The van der Waals surface area contributed by atoms with Crippen molar-refractivity contribution in [2.24, 2.45) is 0 Å². The monoisotopic (exact) mass is 643 g/mol. The molecule has 1 saturated heterocycles. The van der Waals surface area contributed by atoms with Crippen molar-refractivity contribution in [1.82, 2.24) is 4.90 Å². The van der Waals surface area contributed by atoms with E-state index in [1.165, 1.54) is 15.9 Å². The quantitative estimate of drug-likeness (QED) is 0.234. The number of urea groups is 1. The number of nitrogens with zero attached hydrogens (tertiary/aromatic N) is 2. The molecule has 3 aromatic rings. The van der Waals surface area contributed by atoms with Crippen molar-refractivity contribution in [3.05, 3.63) is 83.4 Å². The van der Waals surface area contributed by atoms with Crippen LogP contribution in [0, 0.1) is 6.92 Å². The van der Waals surface area contributed by atoms with E-state index in [1.54, 1.807) is 36.4 Å². The van der Waals surface area contributed by atoms with E-state index in [1.807, 2.05) is 45.0 Å². The lowest BCUT2D eigenvalue weighted by Gasteiger charge is -2.25. The van der Waals surface area contributed by atoms with Crippen LogP contribution in [0.3, 0.4) is 0 Å². The van der Waals surface area contributed by atoms with Crippen LogP contribution in [0.4, 0.5) is 27.5 Å². The molecule has 12 nitrogen and oxygen atoms in total. The second kappa shape index (κ2) is 16.4. The standard InChI is InChI=1S/C33H35N5O7.C2H6/c1-21-5-2-3-7-27(21)36-33(44)35-23-10-8-22(9-11-23)17-29(39)34-24-12-13-28-26(18-24)32(43)37(15-14-31(41)42)20-30(40)38(28)19-25-6-4-16-45-25;1-2/h2-3,5,7-13,18,25H,4,6,14-17,19-20H2,1H3,(H,34,39)(H,41,42)(H2,35,36,44);1-2H3. The van der Waals surface area contributed by atoms with E-state index in [0.29, 0.717) is 34.9 Å². The largest absolute Gasteiger partial charge is 0.481 e. The van der Waals surface area contributed by atoms with E-state index in [2.05, 4.69) is 16.0 Å². The molecule has 248 valence electrons. The number of rotatable bonds is 10. The van der Waals surface area contributed by atoms with Crippen molar-refractivity contribution >= 4 is 52.5 Å². The minimum absolute atomic E-state index is 0.0368. The lowest BCUT2D eigenvalue weighted by molar-refractivity contribution is -0.137. The van der Waals surface area contributed by atoms with E-state index in [9.17, 15) is 24.0 Å². The SMILES string of the molecule is CC.Cc1ccccc1NC(=O)Nc1ccc(CC(=O)Nc2ccc3c(c2)C(=O)N(CCC(=O)O)CC(=O)N3CC2CCCO2)cc1. The molecule has 2 heterocycles. The number of amides is 5. The molecule has 2 aliphatic heterocycles. The third-order valence-corrected chi connectivity index (χ3v) is 7.69. The molecule has 12 heteroatoms. The molecule has 0 aliphatic carbocycles. The second-order valence-electron chi connectivity index (χ2n) is 11.1. The topological polar surface area (TPSA) is 157 Å². The Morgan fingerprint density at radius 3 is 2.34 bits per heavy atom. The van der Waals surface area contributed by atoms with Gasteiger partial charge in [0.1, 0.15) is 6.54 Å². The Balaban J connectivity index is 0.00000245. The summed E-state index contributed by atoms with van der Waals surface area (Å²) in [6.07, 6.45) is 1.25. The molecule has 4 N–H and O–H groups in total. The number of anilines is 4. The van der Waals surface area contributed by atoms with E-state index in [0.717, 1.165) is 18.4 Å². The van der Waals surface area contributed by atoms with Crippen molar-refractivity contribution in [1.29, 1.82) is 0 Å². The number of hydrogen-bond donors (Lipinski definition) is 4. The molecule has 2 aliphatic rings. The van der Waals surface area contributed by atoms with E-state index in [-0.39, 0.29) is 62.0 Å². The van der Waals surface area contributed by atoms with Crippen LogP contribution in [-0.4, -0.2) is 72.1 Å². The predicted octanol–water partition coefficient (Wildman–Crippen LogP) is 5.29. The average molecular weight is 644 g/mol. The number of nitrogens with one attached hydrogen (secondary N) is 3. The number of carboxylic acids is 1. The van der Waals surface area contributed by atoms with Crippen LogP contribution in [0.25, 0.3) is 0 Å². The Morgan fingerprint density at radius 2 is 1.66 bits per heavy atom. The molecular weight excluding hydrogens is 602 g/mol.